The van der Waals surface area contributed by atoms with Gasteiger partial charge in [-0.05, 0) is 12.0 Å². The van der Waals surface area contributed by atoms with Gasteiger partial charge in [-0.1, -0.05) is 32.0 Å². The number of benzene rings is 1. The van der Waals surface area contributed by atoms with Crippen molar-refractivity contribution in [1.29, 1.82) is 0 Å². The van der Waals surface area contributed by atoms with Crippen LogP contribution in [0.25, 0.3) is 10.9 Å². The maximum atomic E-state index is 12.1. The van der Waals surface area contributed by atoms with E-state index in [2.05, 4.69) is 10.3 Å². The first kappa shape index (κ1) is 12.6. The van der Waals surface area contributed by atoms with Gasteiger partial charge >= 0.3 is 0 Å². The summed E-state index contributed by atoms with van der Waals surface area (Å²) < 4.78 is 0. The van der Waals surface area contributed by atoms with Gasteiger partial charge in [-0.3, -0.25) is 4.79 Å². The third-order valence-electron chi connectivity index (χ3n) is 3.19. The number of para-hydroxylation sites is 1. The average Bonchev–Trinajstić information content (AvgIpc) is 2.79. The third-order valence-corrected chi connectivity index (χ3v) is 3.19. The molecular formula is C14H19N3O. The van der Waals surface area contributed by atoms with Crippen LogP contribution >= 0.6 is 0 Å². The Labute approximate surface area is 107 Å². The van der Waals surface area contributed by atoms with Gasteiger partial charge in [-0.15, -0.1) is 0 Å². The van der Waals surface area contributed by atoms with E-state index in [1.54, 1.807) is 6.20 Å². The Bertz CT molecular complexity index is 545. The summed E-state index contributed by atoms with van der Waals surface area (Å²) in [7, 11) is 0. The Balaban J connectivity index is 2.10. The summed E-state index contributed by atoms with van der Waals surface area (Å²) in [5.41, 5.74) is 7.54. The Kier molecular flexibility index (Phi) is 3.67. The number of H-pyrrole nitrogens is 1. The van der Waals surface area contributed by atoms with Crippen molar-refractivity contribution in [3.63, 3.8) is 0 Å². The number of hydrogen-bond acceptors (Lipinski definition) is 2. The molecule has 96 valence electrons. The summed E-state index contributed by atoms with van der Waals surface area (Å²) in [6.45, 7) is 4.58. The van der Waals surface area contributed by atoms with Crippen molar-refractivity contribution in [2.45, 2.75) is 19.9 Å². The van der Waals surface area contributed by atoms with Crippen LogP contribution in [0.4, 0.5) is 0 Å². The van der Waals surface area contributed by atoms with Gasteiger partial charge in [0.25, 0.3) is 5.91 Å². The van der Waals surface area contributed by atoms with Crippen molar-refractivity contribution >= 4 is 16.8 Å². The smallest absolute Gasteiger partial charge is 0.253 e. The topological polar surface area (TPSA) is 70.9 Å². The summed E-state index contributed by atoms with van der Waals surface area (Å²) in [5.74, 6) is 0.275. The minimum atomic E-state index is -0.0800. The highest BCUT2D eigenvalue weighted by atomic mass is 16.1. The van der Waals surface area contributed by atoms with Crippen LogP contribution in [0.3, 0.4) is 0 Å². The standard InChI is InChI=1S/C14H19N3O/c1-9(2)12(15)8-17-14(18)11-7-16-13-6-4-3-5-10(11)13/h3-7,9,12,16H,8,15H2,1-2H3,(H,17,18). The molecule has 1 heterocycles. The van der Waals surface area contributed by atoms with Crippen LogP contribution in [0.2, 0.25) is 0 Å². The van der Waals surface area contributed by atoms with Crippen LogP contribution in [-0.4, -0.2) is 23.5 Å². The Morgan fingerprint density at radius 3 is 2.83 bits per heavy atom. The van der Waals surface area contributed by atoms with Crippen molar-refractivity contribution in [3.8, 4) is 0 Å². The lowest BCUT2D eigenvalue weighted by atomic mass is 10.1. The molecule has 2 rings (SSSR count). The second-order valence-corrected chi connectivity index (χ2v) is 4.87. The zero-order chi connectivity index (χ0) is 13.1. The van der Waals surface area contributed by atoms with Crippen molar-refractivity contribution in [2.24, 2.45) is 11.7 Å². The molecule has 1 aromatic carbocycles. The maximum absolute atomic E-state index is 12.1. The Hall–Kier alpha value is -1.81. The fourth-order valence-corrected chi connectivity index (χ4v) is 1.80. The number of hydrogen-bond donors (Lipinski definition) is 3. The second-order valence-electron chi connectivity index (χ2n) is 4.87. The van der Waals surface area contributed by atoms with E-state index in [0.717, 1.165) is 10.9 Å². The van der Waals surface area contributed by atoms with Crippen molar-refractivity contribution < 1.29 is 4.79 Å². The van der Waals surface area contributed by atoms with E-state index in [9.17, 15) is 4.79 Å². The van der Waals surface area contributed by atoms with Gasteiger partial charge in [-0.25, -0.2) is 0 Å². The average molecular weight is 245 g/mol. The second kappa shape index (κ2) is 5.23. The van der Waals surface area contributed by atoms with E-state index in [1.165, 1.54) is 0 Å². The van der Waals surface area contributed by atoms with Gasteiger partial charge in [-0.2, -0.15) is 0 Å². The number of amides is 1. The fraction of sp³-hybridized carbons (Fsp3) is 0.357. The molecule has 18 heavy (non-hydrogen) atoms. The summed E-state index contributed by atoms with van der Waals surface area (Å²) >= 11 is 0. The monoisotopic (exact) mass is 245 g/mol. The van der Waals surface area contributed by atoms with Gasteiger partial charge in [0.15, 0.2) is 0 Å². The molecule has 0 aliphatic carbocycles. The van der Waals surface area contributed by atoms with Crippen LogP contribution in [0, 0.1) is 5.92 Å². The SMILES string of the molecule is CC(C)C(N)CNC(=O)c1c[nH]c2ccccc12. The largest absolute Gasteiger partial charge is 0.360 e. The molecule has 1 amide bonds. The highest BCUT2D eigenvalue weighted by molar-refractivity contribution is 6.06. The summed E-state index contributed by atoms with van der Waals surface area (Å²) in [5, 5.41) is 3.81. The normalized spacial score (nSPS) is 12.9. The van der Waals surface area contributed by atoms with E-state index in [1.807, 2.05) is 38.1 Å². The predicted octanol–water partition coefficient (Wildman–Crippen LogP) is 1.88. The molecule has 1 atom stereocenters. The number of carbonyl (C=O) groups is 1. The van der Waals surface area contributed by atoms with E-state index in [-0.39, 0.29) is 11.9 Å². The van der Waals surface area contributed by atoms with Crippen LogP contribution in [0.1, 0.15) is 24.2 Å². The summed E-state index contributed by atoms with van der Waals surface area (Å²) in [6, 6.07) is 7.73. The third kappa shape index (κ3) is 2.54. The molecule has 0 spiro atoms. The number of rotatable bonds is 4. The predicted molar refractivity (Wildman–Crippen MR) is 73.4 cm³/mol. The van der Waals surface area contributed by atoms with E-state index < -0.39 is 0 Å². The lowest BCUT2D eigenvalue weighted by Crippen LogP contribution is -2.40. The highest BCUT2D eigenvalue weighted by Gasteiger charge is 2.13. The summed E-state index contributed by atoms with van der Waals surface area (Å²) in [4.78, 5) is 15.1. The number of nitrogens with two attached hydrogens (primary N) is 1. The minimum Gasteiger partial charge on any atom is -0.360 e. The molecule has 1 aromatic heterocycles. The molecule has 2 aromatic rings. The van der Waals surface area contributed by atoms with Gasteiger partial charge in [0.2, 0.25) is 0 Å². The summed E-state index contributed by atoms with van der Waals surface area (Å²) in [6.07, 6.45) is 1.74. The van der Waals surface area contributed by atoms with E-state index >= 15 is 0 Å². The number of carbonyl (C=O) groups excluding carboxylic acids is 1. The number of aromatic nitrogens is 1. The van der Waals surface area contributed by atoms with Crippen molar-refractivity contribution in [2.75, 3.05) is 6.54 Å². The quantitative estimate of drug-likeness (QED) is 0.769. The van der Waals surface area contributed by atoms with Gasteiger partial charge in [0.05, 0.1) is 5.56 Å². The number of aromatic amines is 1. The minimum absolute atomic E-state index is 0.0147. The van der Waals surface area contributed by atoms with Crippen LogP contribution in [0.15, 0.2) is 30.5 Å². The van der Waals surface area contributed by atoms with Crippen LogP contribution < -0.4 is 11.1 Å². The highest BCUT2D eigenvalue weighted by Crippen LogP contribution is 2.17. The van der Waals surface area contributed by atoms with Crippen molar-refractivity contribution in [1.82, 2.24) is 10.3 Å². The lowest BCUT2D eigenvalue weighted by Gasteiger charge is -2.15. The molecule has 0 bridgehead atoms. The fourth-order valence-electron chi connectivity index (χ4n) is 1.80. The molecule has 1 unspecified atom stereocenters. The maximum Gasteiger partial charge on any atom is 0.253 e. The molecule has 0 aliphatic rings. The molecule has 4 N–H and O–H groups in total. The van der Waals surface area contributed by atoms with Gasteiger partial charge in [0, 0.05) is 29.7 Å². The Morgan fingerprint density at radius 2 is 2.11 bits per heavy atom. The first-order chi connectivity index (χ1) is 8.59. The molecule has 0 saturated carbocycles. The first-order valence-electron chi connectivity index (χ1n) is 6.19. The zero-order valence-electron chi connectivity index (χ0n) is 10.7. The number of fused-ring (bicyclic) bond motifs is 1. The molecule has 4 nitrogen and oxygen atoms in total. The molecule has 0 radical (unpaired) electrons. The molecule has 0 saturated heterocycles. The first-order valence-corrected chi connectivity index (χ1v) is 6.19. The van der Waals surface area contributed by atoms with Crippen LogP contribution in [-0.2, 0) is 0 Å². The molecule has 4 heteroatoms. The van der Waals surface area contributed by atoms with E-state index in [4.69, 9.17) is 5.73 Å². The number of nitrogens with one attached hydrogen (secondary N) is 2. The molecule has 0 aliphatic heterocycles. The van der Waals surface area contributed by atoms with Crippen LogP contribution in [0.5, 0.6) is 0 Å². The van der Waals surface area contributed by atoms with Gasteiger partial charge < -0.3 is 16.0 Å². The Morgan fingerprint density at radius 1 is 1.39 bits per heavy atom. The molecular weight excluding hydrogens is 226 g/mol. The van der Waals surface area contributed by atoms with Gasteiger partial charge in [0.1, 0.15) is 0 Å². The van der Waals surface area contributed by atoms with E-state index in [0.29, 0.717) is 18.0 Å². The zero-order valence-corrected chi connectivity index (χ0v) is 10.7. The lowest BCUT2D eigenvalue weighted by molar-refractivity contribution is 0.0951. The van der Waals surface area contributed by atoms with Crippen molar-refractivity contribution in [3.05, 3.63) is 36.0 Å². The molecule has 0 fully saturated rings.